The van der Waals surface area contributed by atoms with Crippen molar-refractivity contribution >= 4 is 24.1 Å². The van der Waals surface area contributed by atoms with Gasteiger partial charge in [-0.3, -0.25) is 14.4 Å². The number of Topliss-reactive ketones (excluding diaryl/α,β-unsaturated/α-hetero) is 2. The van der Waals surface area contributed by atoms with Crippen molar-refractivity contribution in [3.05, 3.63) is 57.9 Å². The Morgan fingerprint density at radius 1 is 1.04 bits per heavy atom. The standard InChI is InChI=1S/C38H44O9.CH4/c1-20(2)10-9-13-36(8)14-12-23-29(40)28-30(41)25-16-22-17-26-34(4,5)47-37(33(22)42,15-11-21(3)43-19-39)38(25,26)46-32(28)24(31(23)45-36)18-27-35(6,7)44-27;/h10-12,14,16,19,22,26-27,40H,9,13,15,17-18H2,1-8H3;1H4/b21-11-;/t22?,26?,27?,36-,37+,38+;/m0./s1. The average molecular weight is 661 g/mol. The highest BCUT2D eigenvalue weighted by atomic mass is 16.6. The number of carbonyl (C=O) groups excluding carboxylic acids is 3. The van der Waals surface area contributed by atoms with E-state index >= 15 is 0 Å². The third-order valence-corrected chi connectivity index (χ3v) is 11.2. The van der Waals surface area contributed by atoms with Crippen LogP contribution in [0.2, 0.25) is 0 Å². The lowest BCUT2D eigenvalue weighted by Gasteiger charge is -2.56. The quantitative estimate of drug-likeness (QED) is 0.128. The first-order chi connectivity index (χ1) is 22.0. The van der Waals surface area contributed by atoms with Crippen LogP contribution in [0.4, 0.5) is 0 Å². The third kappa shape index (κ3) is 4.67. The molecule has 1 saturated carbocycles. The van der Waals surface area contributed by atoms with Gasteiger partial charge in [0, 0.05) is 35.8 Å². The Hall–Kier alpha value is -3.69. The predicted molar refractivity (Wildman–Crippen MR) is 180 cm³/mol. The molecule has 4 aliphatic heterocycles. The largest absolute Gasteiger partial charge is 0.506 e. The molecule has 3 aliphatic carbocycles. The molecule has 2 saturated heterocycles. The molecule has 8 rings (SSSR count). The molecule has 1 N–H and O–H groups in total. The number of carbonyl (C=O) groups is 3. The molecule has 3 unspecified atom stereocenters. The van der Waals surface area contributed by atoms with Gasteiger partial charge in [0.1, 0.15) is 34.2 Å². The van der Waals surface area contributed by atoms with Gasteiger partial charge in [0.05, 0.1) is 22.9 Å². The lowest BCUT2D eigenvalue weighted by molar-refractivity contribution is -0.171. The number of epoxide rings is 1. The minimum absolute atomic E-state index is 0. The molecule has 1 aromatic rings. The first-order valence-corrected chi connectivity index (χ1v) is 16.6. The van der Waals surface area contributed by atoms with Crippen LogP contribution in [0.15, 0.2) is 41.2 Å². The average Bonchev–Trinajstić information content (AvgIpc) is 3.55. The number of phenols is 1. The summed E-state index contributed by atoms with van der Waals surface area (Å²) < 4.78 is 31.9. The molecule has 3 fully saturated rings. The van der Waals surface area contributed by atoms with Gasteiger partial charge in [-0.2, -0.15) is 0 Å². The number of ether oxygens (including phenoxy) is 5. The summed E-state index contributed by atoms with van der Waals surface area (Å²) in [5, 5.41) is 11.8. The monoisotopic (exact) mass is 660 g/mol. The number of hydrogen-bond donors (Lipinski definition) is 1. The molecule has 48 heavy (non-hydrogen) atoms. The fraction of sp³-hybridized carbons (Fsp3) is 0.564. The van der Waals surface area contributed by atoms with Crippen molar-refractivity contribution in [1.82, 2.24) is 0 Å². The number of phenolic OH excluding ortho intramolecular Hbond substituents is 1. The highest BCUT2D eigenvalue weighted by molar-refractivity contribution is 6.19. The van der Waals surface area contributed by atoms with Crippen LogP contribution in [-0.4, -0.2) is 57.3 Å². The van der Waals surface area contributed by atoms with Gasteiger partial charge < -0.3 is 28.8 Å². The minimum atomic E-state index is -1.56. The molecule has 4 heterocycles. The van der Waals surface area contributed by atoms with Crippen molar-refractivity contribution in [2.75, 3.05) is 0 Å². The van der Waals surface area contributed by atoms with E-state index in [4.69, 9.17) is 23.7 Å². The van der Waals surface area contributed by atoms with Gasteiger partial charge in [-0.05, 0) is 92.9 Å². The second-order valence-electron chi connectivity index (χ2n) is 15.5. The van der Waals surface area contributed by atoms with Crippen molar-refractivity contribution in [3.8, 4) is 17.2 Å². The summed E-state index contributed by atoms with van der Waals surface area (Å²) in [6, 6.07) is 0. The molecule has 1 aromatic carbocycles. The zero-order chi connectivity index (χ0) is 33.9. The lowest BCUT2D eigenvalue weighted by Crippen LogP contribution is -2.72. The molecule has 4 bridgehead atoms. The summed E-state index contributed by atoms with van der Waals surface area (Å²) in [4.78, 5) is 40.3. The summed E-state index contributed by atoms with van der Waals surface area (Å²) >= 11 is 0. The van der Waals surface area contributed by atoms with Crippen LogP contribution in [0.5, 0.6) is 17.2 Å². The van der Waals surface area contributed by atoms with E-state index < -0.39 is 28.3 Å². The van der Waals surface area contributed by atoms with E-state index in [1.165, 1.54) is 5.57 Å². The minimum Gasteiger partial charge on any atom is -0.506 e. The predicted octanol–water partition coefficient (Wildman–Crippen LogP) is 7.13. The molecule has 0 amide bonds. The van der Waals surface area contributed by atoms with E-state index in [9.17, 15) is 19.5 Å². The van der Waals surface area contributed by atoms with Crippen LogP contribution in [0.25, 0.3) is 6.08 Å². The van der Waals surface area contributed by atoms with Crippen molar-refractivity contribution < 1.29 is 43.2 Å². The topological polar surface area (TPSA) is 121 Å². The maximum absolute atomic E-state index is 14.8. The Morgan fingerprint density at radius 3 is 2.40 bits per heavy atom. The molecular formula is C39H48O9. The summed E-state index contributed by atoms with van der Waals surface area (Å²) in [5.74, 6) is -0.691. The van der Waals surface area contributed by atoms with Crippen LogP contribution in [0.1, 0.15) is 110 Å². The Morgan fingerprint density at radius 2 is 1.75 bits per heavy atom. The van der Waals surface area contributed by atoms with Crippen molar-refractivity contribution in [1.29, 1.82) is 0 Å². The second kappa shape index (κ2) is 10.9. The van der Waals surface area contributed by atoms with E-state index in [1.54, 1.807) is 19.1 Å². The molecule has 258 valence electrons. The number of allylic oxidation sites excluding steroid dienone is 4. The van der Waals surface area contributed by atoms with E-state index in [0.717, 1.165) is 6.42 Å². The Labute approximate surface area is 283 Å². The number of aromatic hydroxyl groups is 1. The Kier molecular flexibility index (Phi) is 7.77. The zero-order valence-electron chi connectivity index (χ0n) is 28.4. The molecule has 0 radical (unpaired) electrons. The second-order valence-corrected chi connectivity index (χ2v) is 15.5. The maximum atomic E-state index is 14.8. The van der Waals surface area contributed by atoms with E-state index in [1.807, 2.05) is 46.8 Å². The van der Waals surface area contributed by atoms with Crippen LogP contribution < -0.4 is 9.47 Å². The number of benzene rings is 1. The fourth-order valence-electron chi connectivity index (χ4n) is 8.70. The molecule has 0 aromatic heterocycles. The lowest BCUT2D eigenvalue weighted by atomic mass is 9.51. The van der Waals surface area contributed by atoms with E-state index in [2.05, 4.69) is 19.9 Å². The highest BCUT2D eigenvalue weighted by Gasteiger charge is 2.81. The number of fused-ring (bicyclic) bond motifs is 2. The molecule has 9 heteroatoms. The van der Waals surface area contributed by atoms with Gasteiger partial charge in [0.2, 0.25) is 0 Å². The summed E-state index contributed by atoms with van der Waals surface area (Å²) in [6.45, 7) is 16.0. The summed E-state index contributed by atoms with van der Waals surface area (Å²) in [5.41, 5.74) is -2.26. The SMILES string of the molecule is C.CC(C)=CCC[C@@]1(C)C=Cc2c(O)c3c(c(CC4OC4(C)C)c2O1)O[C@]12C(=CC4CC1C(C)(C)O[C@]2(C/C=C(/C)OC=O)C4=O)C3=O. The van der Waals surface area contributed by atoms with E-state index in [0.29, 0.717) is 53.9 Å². The highest BCUT2D eigenvalue weighted by Crippen LogP contribution is 2.69. The number of ketones is 2. The van der Waals surface area contributed by atoms with Gasteiger partial charge >= 0.3 is 0 Å². The normalized spacial score (nSPS) is 34.0. The van der Waals surface area contributed by atoms with Crippen molar-refractivity contribution in [2.45, 2.75) is 129 Å². The Balaban J connectivity index is 0.00000401. The van der Waals surface area contributed by atoms with Crippen molar-refractivity contribution in [2.24, 2.45) is 11.8 Å². The third-order valence-electron chi connectivity index (χ3n) is 11.2. The summed E-state index contributed by atoms with van der Waals surface area (Å²) in [7, 11) is 0. The van der Waals surface area contributed by atoms with Gasteiger partial charge in [-0.1, -0.05) is 25.2 Å². The number of rotatable bonds is 9. The molecule has 6 atom stereocenters. The fourth-order valence-corrected chi connectivity index (χ4v) is 8.70. The van der Waals surface area contributed by atoms with Crippen LogP contribution in [-0.2, 0) is 30.2 Å². The smallest absolute Gasteiger partial charge is 0.298 e. The first kappa shape index (κ1) is 34.2. The Bertz CT molecular complexity index is 1740. The van der Waals surface area contributed by atoms with Crippen LogP contribution >= 0.6 is 0 Å². The molecule has 7 aliphatic rings. The van der Waals surface area contributed by atoms with Gasteiger partial charge in [0.15, 0.2) is 22.8 Å². The van der Waals surface area contributed by atoms with E-state index in [-0.39, 0.29) is 60.1 Å². The maximum Gasteiger partial charge on any atom is 0.298 e. The van der Waals surface area contributed by atoms with Gasteiger partial charge in [-0.25, -0.2) is 0 Å². The molecular weight excluding hydrogens is 612 g/mol. The van der Waals surface area contributed by atoms with Gasteiger partial charge in [-0.15, -0.1) is 0 Å². The van der Waals surface area contributed by atoms with Crippen LogP contribution in [0, 0.1) is 11.8 Å². The first-order valence-electron chi connectivity index (χ1n) is 16.6. The molecule has 9 nitrogen and oxygen atoms in total. The number of hydrogen-bond acceptors (Lipinski definition) is 9. The molecule has 1 spiro atoms. The van der Waals surface area contributed by atoms with Crippen LogP contribution in [0.3, 0.4) is 0 Å². The van der Waals surface area contributed by atoms with Gasteiger partial charge in [0.25, 0.3) is 6.47 Å². The van der Waals surface area contributed by atoms with Crippen molar-refractivity contribution in [3.63, 3.8) is 0 Å². The zero-order valence-corrected chi connectivity index (χ0v) is 28.4. The summed E-state index contributed by atoms with van der Waals surface area (Å²) in [6.07, 6.45) is 11.5.